The van der Waals surface area contributed by atoms with E-state index < -0.39 is 10.7 Å². The lowest BCUT2D eigenvalue weighted by Crippen LogP contribution is -2.41. The number of benzene rings is 2. The number of aliphatic imine (C=N–C) groups is 1. The Morgan fingerprint density at radius 3 is 2.61 bits per heavy atom. The third kappa shape index (κ3) is 5.17. The summed E-state index contributed by atoms with van der Waals surface area (Å²) in [7, 11) is 1.45. The van der Waals surface area contributed by atoms with Crippen LogP contribution < -0.4 is 15.1 Å². The van der Waals surface area contributed by atoms with Gasteiger partial charge in [0.1, 0.15) is 11.6 Å². The minimum Gasteiger partial charge on any atom is -0.494 e. The molecular weight excluding hydrogens is 475 g/mol. The molecule has 0 spiro atoms. The normalized spacial score (nSPS) is 15.0. The summed E-state index contributed by atoms with van der Waals surface area (Å²) in [5.41, 5.74) is 2.82. The Morgan fingerprint density at radius 1 is 1.32 bits per heavy atom. The Morgan fingerprint density at radius 2 is 2.03 bits per heavy atom. The second kappa shape index (κ2) is 9.84. The van der Waals surface area contributed by atoms with Gasteiger partial charge < -0.3 is 9.64 Å². The summed E-state index contributed by atoms with van der Waals surface area (Å²) in [6.45, 7) is 1.04. The van der Waals surface area contributed by atoms with Crippen LogP contribution in [0.1, 0.15) is 12.8 Å². The fourth-order valence-electron chi connectivity index (χ4n) is 3.44. The average Bonchev–Trinajstić information content (AvgIpc) is 2.79. The summed E-state index contributed by atoms with van der Waals surface area (Å²) in [6.07, 6.45) is 0.986. The Labute approximate surface area is 185 Å². The number of anilines is 1. The zero-order chi connectivity index (χ0) is 22.5. The highest BCUT2D eigenvalue weighted by atomic mass is 79.9. The molecule has 164 valence electrons. The van der Waals surface area contributed by atoms with Gasteiger partial charge in [0.15, 0.2) is 5.84 Å². The number of nitrogens with one attached hydrogen (secondary N) is 1. The molecule has 1 saturated heterocycles. The lowest BCUT2D eigenvalue weighted by atomic mass is 9.91. The van der Waals surface area contributed by atoms with Gasteiger partial charge in [0.25, 0.3) is 5.69 Å². The molecule has 2 aromatic carbocycles. The molecule has 1 fully saturated rings. The van der Waals surface area contributed by atoms with E-state index in [2.05, 4.69) is 20.9 Å². The number of amidine groups is 1. The van der Waals surface area contributed by atoms with E-state index in [4.69, 9.17) is 4.74 Å². The van der Waals surface area contributed by atoms with Gasteiger partial charge in [0, 0.05) is 25.1 Å². The number of non-ortho nitro benzene ring substituents is 1. The van der Waals surface area contributed by atoms with Gasteiger partial charge in [-0.15, -0.1) is 0 Å². The number of carbonyl (C=O) groups is 1. The van der Waals surface area contributed by atoms with E-state index in [1.807, 2.05) is 10.4 Å². The first-order valence-electron chi connectivity index (χ1n) is 9.39. The van der Waals surface area contributed by atoms with Crippen LogP contribution in [0.15, 0.2) is 45.9 Å². The number of hydroxylamine groups is 1. The zero-order valence-corrected chi connectivity index (χ0v) is 18.1. The minimum atomic E-state index is -0.486. The molecule has 3 rings (SSSR count). The molecule has 31 heavy (non-hydrogen) atoms. The summed E-state index contributed by atoms with van der Waals surface area (Å²) in [5, 5.41) is 20.4. The highest BCUT2D eigenvalue weighted by Gasteiger charge is 2.29. The van der Waals surface area contributed by atoms with E-state index in [1.54, 1.807) is 6.07 Å². The van der Waals surface area contributed by atoms with Gasteiger partial charge in [-0.2, -0.15) is 0 Å². The van der Waals surface area contributed by atoms with E-state index in [0.717, 1.165) is 0 Å². The Bertz CT molecular complexity index is 1020. The van der Waals surface area contributed by atoms with Crippen molar-refractivity contribution in [1.29, 1.82) is 0 Å². The summed E-state index contributed by atoms with van der Waals surface area (Å²) < 4.78 is 18.9. The molecule has 1 aliphatic rings. The highest BCUT2D eigenvalue weighted by molar-refractivity contribution is 9.10. The smallest absolute Gasteiger partial charge is 0.273 e. The van der Waals surface area contributed by atoms with Crippen LogP contribution in [0.2, 0.25) is 0 Å². The second-order valence-corrected chi connectivity index (χ2v) is 7.76. The van der Waals surface area contributed by atoms with Crippen molar-refractivity contribution in [2.45, 2.75) is 12.8 Å². The molecule has 0 bridgehead atoms. The lowest BCUT2D eigenvalue weighted by molar-refractivity contribution is -0.384. The predicted molar refractivity (Wildman–Crippen MR) is 116 cm³/mol. The lowest BCUT2D eigenvalue weighted by Gasteiger charge is -2.33. The maximum Gasteiger partial charge on any atom is 0.273 e. The van der Waals surface area contributed by atoms with Crippen molar-refractivity contribution in [1.82, 2.24) is 5.48 Å². The number of carbonyl (C=O) groups excluding carboxylic acids is 1. The number of ether oxygens (including phenoxy) is 1. The quantitative estimate of drug-likeness (QED) is 0.269. The molecule has 2 N–H and O–H groups in total. The number of nitro benzene ring substituents is 1. The summed E-state index contributed by atoms with van der Waals surface area (Å²) in [4.78, 5) is 29.4. The molecule has 0 atom stereocenters. The number of nitro groups is 1. The molecule has 2 aromatic rings. The molecular formula is C20H20BrFN4O5. The Hall–Kier alpha value is -3.05. The van der Waals surface area contributed by atoms with Crippen molar-refractivity contribution in [2.24, 2.45) is 10.9 Å². The molecule has 11 heteroatoms. The van der Waals surface area contributed by atoms with E-state index >= 15 is 0 Å². The van der Waals surface area contributed by atoms with E-state index in [-0.39, 0.29) is 27.7 Å². The number of hydrogen-bond acceptors (Lipinski definition) is 7. The molecule has 0 amide bonds. The van der Waals surface area contributed by atoms with Gasteiger partial charge >= 0.3 is 0 Å². The zero-order valence-electron chi connectivity index (χ0n) is 16.5. The number of methoxy groups -OCH3 is 1. The molecule has 0 aromatic heterocycles. The van der Waals surface area contributed by atoms with Crippen LogP contribution in [0.4, 0.5) is 21.5 Å². The van der Waals surface area contributed by atoms with Crippen LogP contribution in [0.5, 0.6) is 5.75 Å². The average molecular weight is 495 g/mol. The third-order valence-electron chi connectivity index (χ3n) is 5.06. The maximum absolute atomic E-state index is 13.4. The van der Waals surface area contributed by atoms with Crippen LogP contribution in [0, 0.1) is 21.8 Å². The largest absolute Gasteiger partial charge is 0.494 e. The number of halogens is 2. The third-order valence-corrected chi connectivity index (χ3v) is 5.67. The van der Waals surface area contributed by atoms with Crippen molar-refractivity contribution >= 4 is 44.6 Å². The van der Waals surface area contributed by atoms with Crippen LogP contribution in [0.3, 0.4) is 0 Å². The van der Waals surface area contributed by atoms with Gasteiger partial charge in [-0.3, -0.25) is 20.1 Å². The monoisotopic (exact) mass is 494 g/mol. The standard InChI is InChI=1S/C20H20BrFN4O5/c1-31-18-11-14(26(29)30)3-5-17(18)25-8-6-12(7-9-25)19(27)20(24-28)23-13-2-4-16(22)15(21)10-13/h2-5,10-12,28H,6-9H2,1H3,(H,23,24). The molecule has 0 saturated carbocycles. The molecule has 0 radical (unpaired) electrons. The Kier molecular flexibility index (Phi) is 7.18. The topological polar surface area (TPSA) is 117 Å². The van der Waals surface area contributed by atoms with Gasteiger partial charge in [-0.05, 0) is 53.0 Å². The number of Topliss-reactive ketones (excluding diaryl/α,β-unsaturated/α-hetero) is 1. The molecule has 0 aliphatic carbocycles. The number of hydrogen-bond donors (Lipinski definition) is 2. The van der Waals surface area contributed by atoms with Crippen LogP contribution in [-0.2, 0) is 4.79 Å². The van der Waals surface area contributed by atoms with Gasteiger partial charge in [0.2, 0.25) is 5.78 Å². The fourth-order valence-corrected chi connectivity index (χ4v) is 3.80. The van der Waals surface area contributed by atoms with E-state index in [0.29, 0.717) is 43.1 Å². The summed E-state index contributed by atoms with van der Waals surface area (Å²) in [6, 6.07) is 8.42. The van der Waals surface area contributed by atoms with Gasteiger partial charge in [0.05, 0.1) is 33.9 Å². The summed E-state index contributed by atoms with van der Waals surface area (Å²) in [5.74, 6) is -1.01. The first-order valence-corrected chi connectivity index (χ1v) is 10.2. The first-order chi connectivity index (χ1) is 14.8. The van der Waals surface area contributed by atoms with Crippen molar-refractivity contribution in [3.63, 3.8) is 0 Å². The maximum atomic E-state index is 13.4. The van der Waals surface area contributed by atoms with Crippen molar-refractivity contribution in [3.8, 4) is 5.75 Å². The number of nitrogens with zero attached hydrogens (tertiary/aromatic N) is 3. The molecule has 1 aliphatic heterocycles. The number of piperidine rings is 1. The van der Waals surface area contributed by atoms with Gasteiger partial charge in [-0.25, -0.2) is 14.9 Å². The van der Waals surface area contributed by atoms with Crippen molar-refractivity contribution in [2.75, 3.05) is 25.1 Å². The molecule has 9 nitrogen and oxygen atoms in total. The van der Waals surface area contributed by atoms with E-state index in [1.165, 1.54) is 37.4 Å². The van der Waals surface area contributed by atoms with Crippen LogP contribution in [0.25, 0.3) is 0 Å². The predicted octanol–water partition coefficient (Wildman–Crippen LogP) is 4.00. The summed E-state index contributed by atoms with van der Waals surface area (Å²) >= 11 is 3.06. The van der Waals surface area contributed by atoms with Crippen LogP contribution >= 0.6 is 15.9 Å². The van der Waals surface area contributed by atoms with E-state index in [9.17, 15) is 24.5 Å². The number of rotatable bonds is 6. The van der Waals surface area contributed by atoms with Crippen molar-refractivity contribution in [3.05, 3.63) is 56.8 Å². The second-order valence-electron chi connectivity index (χ2n) is 6.91. The van der Waals surface area contributed by atoms with Crippen LogP contribution in [-0.4, -0.2) is 41.9 Å². The number of ketones is 1. The van der Waals surface area contributed by atoms with Gasteiger partial charge in [-0.1, -0.05) is 0 Å². The first kappa shape index (κ1) is 22.6. The Balaban J connectivity index is 1.71. The highest BCUT2D eigenvalue weighted by Crippen LogP contribution is 2.34. The fraction of sp³-hybridized carbons (Fsp3) is 0.300. The minimum absolute atomic E-state index is 0.0621. The molecule has 0 unspecified atom stereocenters. The SMILES string of the molecule is COc1cc([N+](=O)[O-])ccc1N1CCC(C(=O)C(=Nc2ccc(F)c(Br)c2)NO)CC1. The molecule has 1 heterocycles. The van der Waals surface area contributed by atoms with Crippen molar-refractivity contribution < 1.29 is 24.1 Å².